The monoisotopic (exact) mass is 333 g/mol. The van der Waals surface area contributed by atoms with Crippen molar-refractivity contribution < 1.29 is 22.3 Å². The summed E-state index contributed by atoms with van der Waals surface area (Å²) in [5.74, 6) is -2.24. The number of sulfonamides is 1. The van der Waals surface area contributed by atoms with Crippen LogP contribution in [0.3, 0.4) is 0 Å². The van der Waals surface area contributed by atoms with E-state index in [4.69, 9.17) is 5.11 Å². The Bertz CT molecular complexity index is 715. The molecule has 0 unspecified atom stereocenters. The molecule has 0 saturated carbocycles. The summed E-state index contributed by atoms with van der Waals surface area (Å²) < 4.78 is 53.4. The topological polar surface area (TPSA) is 66.4 Å². The van der Waals surface area contributed by atoms with Gasteiger partial charge < -0.3 is 5.11 Å². The molecule has 0 saturated heterocycles. The van der Waals surface area contributed by atoms with E-state index < -0.39 is 38.7 Å². The normalized spacial score (nSPS) is 11.8. The van der Waals surface area contributed by atoms with Crippen molar-refractivity contribution in [1.82, 2.24) is 4.72 Å². The first-order valence-corrected chi connectivity index (χ1v) is 8.47. The second kappa shape index (κ2) is 6.61. The summed E-state index contributed by atoms with van der Waals surface area (Å²) in [4.78, 5) is -0.668. The highest BCUT2D eigenvalue weighted by Crippen LogP contribution is 2.21. The molecule has 0 amide bonds. The zero-order valence-corrected chi connectivity index (χ0v) is 12.5. The predicted molar refractivity (Wildman–Crippen MR) is 75.5 cm³/mol. The molecule has 0 atom stereocenters. The molecule has 21 heavy (non-hydrogen) atoms. The maximum atomic E-state index is 13.9. The van der Waals surface area contributed by atoms with Gasteiger partial charge in [-0.3, -0.25) is 0 Å². The lowest BCUT2D eigenvalue weighted by Gasteiger charge is -2.10. The van der Waals surface area contributed by atoms with Crippen molar-refractivity contribution in [1.29, 1.82) is 0 Å². The molecule has 8 heteroatoms. The molecule has 1 aromatic carbocycles. The maximum absolute atomic E-state index is 13.9. The smallest absolute Gasteiger partial charge is 0.243 e. The van der Waals surface area contributed by atoms with E-state index in [0.717, 1.165) is 17.7 Å². The molecule has 0 radical (unpaired) electrons. The van der Waals surface area contributed by atoms with Crippen molar-refractivity contribution in [2.24, 2.45) is 0 Å². The van der Waals surface area contributed by atoms with Gasteiger partial charge in [-0.15, -0.1) is 0 Å². The summed E-state index contributed by atoms with van der Waals surface area (Å²) >= 11 is 1.50. The largest absolute Gasteiger partial charge is 0.391 e. The van der Waals surface area contributed by atoms with E-state index in [2.05, 4.69) is 4.72 Å². The van der Waals surface area contributed by atoms with Crippen molar-refractivity contribution in [3.63, 3.8) is 0 Å². The van der Waals surface area contributed by atoms with E-state index in [0.29, 0.717) is 6.42 Å². The molecule has 0 spiro atoms. The van der Waals surface area contributed by atoms with Crippen LogP contribution >= 0.6 is 11.3 Å². The van der Waals surface area contributed by atoms with E-state index in [1.165, 1.54) is 11.3 Å². The van der Waals surface area contributed by atoms with E-state index in [1.807, 2.05) is 16.8 Å². The van der Waals surface area contributed by atoms with Gasteiger partial charge >= 0.3 is 0 Å². The fourth-order valence-corrected chi connectivity index (χ4v) is 3.61. The zero-order valence-electron chi connectivity index (χ0n) is 10.8. The molecular formula is C13H13F2NO3S2. The Balaban J connectivity index is 2.16. The van der Waals surface area contributed by atoms with E-state index in [9.17, 15) is 17.2 Å². The highest BCUT2D eigenvalue weighted by molar-refractivity contribution is 7.89. The Kier molecular flexibility index (Phi) is 5.04. The second-order valence-corrected chi connectivity index (χ2v) is 6.79. The van der Waals surface area contributed by atoms with Gasteiger partial charge in [0, 0.05) is 6.54 Å². The molecule has 0 aliphatic rings. The van der Waals surface area contributed by atoms with Gasteiger partial charge in [-0.25, -0.2) is 21.9 Å². The maximum Gasteiger partial charge on any atom is 0.243 e. The molecular weight excluding hydrogens is 320 g/mol. The number of hydrogen-bond acceptors (Lipinski definition) is 4. The van der Waals surface area contributed by atoms with Crippen LogP contribution < -0.4 is 4.72 Å². The predicted octanol–water partition coefficient (Wildman–Crippen LogP) is 2.04. The molecule has 1 heterocycles. The average Bonchev–Trinajstić information content (AvgIpc) is 2.92. The summed E-state index contributed by atoms with van der Waals surface area (Å²) in [6.07, 6.45) is 0.471. The molecule has 0 bridgehead atoms. The van der Waals surface area contributed by atoms with Crippen LogP contribution in [-0.4, -0.2) is 20.1 Å². The van der Waals surface area contributed by atoms with Crippen LogP contribution in [0, 0.1) is 11.6 Å². The Hall–Kier alpha value is -1.35. The van der Waals surface area contributed by atoms with Gasteiger partial charge in [-0.05, 0) is 40.9 Å². The standard InChI is InChI=1S/C13H13F2NO3S2/c14-11-1-2-12(13(15)10(11)7-17)21(18,19)16-5-3-9-4-6-20-8-9/h1-2,4,6,8,16-17H,3,5,7H2. The van der Waals surface area contributed by atoms with Gasteiger partial charge in [0.15, 0.2) is 5.82 Å². The highest BCUT2D eigenvalue weighted by atomic mass is 32.2. The quantitative estimate of drug-likeness (QED) is 0.850. The van der Waals surface area contributed by atoms with Gasteiger partial charge in [-0.2, -0.15) is 11.3 Å². The second-order valence-electron chi connectivity index (χ2n) is 4.28. The lowest BCUT2D eigenvalue weighted by atomic mass is 10.2. The zero-order chi connectivity index (χ0) is 15.5. The summed E-state index contributed by atoms with van der Waals surface area (Å²) in [6, 6.07) is 3.53. The van der Waals surface area contributed by atoms with Gasteiger partial charge in [0.2, 0.25) is 10.0 Å². The molecule has 2 N–H and O–H groups in total. The van der Waals surface area contributed by atoms with Crippen LogP contribution in [0.15, 0.2) is 33.9 Å². The Morgan fingerprint density at radius 2 is 2.00 bits per heavy atom. The average molecular weight is 333 g/mol. The molecule has 114 valence electrons. The summed E-state index contributed by atoms with van der Waals surface area (Å²) in [7, 11) is -4.09. The van der Waals surface area contributed by atoms with Gasteiger partial charge in [-0.1, -0.05) is 0 Å². The van der Waals surface area contributed by atoms with Crippen LogP contribution in [-0.2, 0) is 23.1 Å². The van der Waals surface area contributed by atoms with Gasteiger partial charge in [0.25, 0.3) is 0 Å². The molecule has 0 aliphatic carbocycles. The Morgan fingerprint density at radius 1 is 1.24 bits per heavy atom. The Morgan fingerprint density at radius 3 is 2.62 bits per heavy atom. The number of hydrogen-bond donors (Lipinski definition) is 2. The number of nitrogens with one attached hydrogen (secondary N) is 1. The fourth-order valence-electron chi connectivity index (χ4n) is 1.77. The minimum atomic E-state index is -4.09. The summed E-state index contributed by atoms with van der Waals surface area (Å²) in [5, 5.41) is 12.7. The van der Waals surface area contributed by atoms with Crippen LogP contribution in [0.5, 0.6) is 0 Å². The molecule has 2 rings (SSSR count). The van der Waals surface area contributed by atoms with E-state index in [1.54, 1.807) is 0 Å². The lowest BCUT2D eigenvalue weighted by molar-refractivity contribution is 0.267. The van der Waals surface area contributed by atoms with Crippen LogP contribution in [0.25, 0.3) is 0 Å². The van der Waals surface area contributed by atoms with E-state index >= 15 is 0 Å². The first kappa shape index (κ1) is 16.0. The third kappa shape index (κ3) is 3.65. The number of aliphatic hydroxyl groups is 1. The molecule has 1 aromatic heterocycles. The Labute approximate surface area is 125 Å². The van der Waals surface area contributed by atoms with Crippen LogP contribution in [0.2, 0.25) is 0 Å². The minimum Gasteiger partial charge on any atom is -0.391 e. The van der Waals surface area contributed by atoms with Crippen LogP contribution in [0.4, 0.5) is 8.78 Å². The molecule has 4 nitrogen and oxygen atoms in total. The number of thiophene rings is 1. The summed E-state index contributed by atoms with van der Waals surface area (Å²) in [6.45, 7) is -0.805. The third-order valence-electron chi connectivity index (χ3n) is 2.88. The lowest BCUT2D eigenvalue weighted by Crippen LogP contribution is -2.27. The minimum absolute atomic E-state index is 0.102. The van der Waals surface area contributed by atoms with Gasteiger partial charge in [0.1, 0.15) is 10.7 Å². The molecule has 2 aromatic rings. The number of rotatable bonds is 6. The third-order valence-corrected chi connectivity index (χ3v) is 5.09. The van der Waals surface area contributed by atoms with Crippen molar-refractivity contribution in [3.05, 3.63) is 51.7 Å². The van der Waals surface area contributed by atoms with Gasteiger partial charge in [0.05, 0.1) is 12.2 Å². The number of aliphatic hydroxyl groups excluding tert-OH is 1. The van der Waals surface area contributed by atoms with Crippen LogP contribution in [0.1, 0.15) is 11.1 Å². The number of benzene rings is 1. The van der Waals surface area contributed by atoms with E-state index in [-0.39, 0.29) is 6.54 Å². The first-order chi connectivity index (χ1) is 9.95. The summed E-state index contributed by atoms with van der Waals surface area (Å²) in [5.41, 5.74) is 0.314. The molecule has 0 fully saturated rings. The SMILES string of the molecule is O=S(=O)(NCCc1ccsc1)c1ccc(F)c(CO)c1F. The molecule has 0 aliphatic heterocycles. The fraction of sp³-hybridized carbons (Fsp3) is 0.231. The number of halogens is 2. The van der Waals surface area contributed by atoms with Crippen molar-refractivity contribution in [2.75, 3.05) is 6.54 Å². The van der Waals surface area contributed by atoms with Crippen molar-refractivity contribution in [2.45, 2.75) is 17.9 Å². The van der Waals surface area contributed by atoms with Crippen molar-refractivity contribution >= 4 is 21.4 Å². The first-order valence-electron chi connectivity index (χ1n) is 6.04. The highest BCUT2D eigenvalue weighted by Gasteiger charge is 2.22. The van der Waals surface area contributed by atoms with Crippen molar-refractivity contribution in [3.8, 4) is 0 Å².